The summed E-state index contributed by atoms with van der Waals surface area (Å²) in [6.07, 6.45) is 7.49. The average molecular weight is 140 g/mol. The lowest BCUT2D eigenvalue weighted by Crippen LogP contribution is -1.69. The van der Waals surface area contributed by atoms with Crippen molar-refractivity contribution in [3.63, 3.8) is 0 Å². The Bertz CT molecular complexity index is 93.9. The Morgan fingerprint density at radius 3 is 1.80 bits per heavy atom. The van der Waals surface area contributed by atoms with E-state index in [1.165, 1.54) is 5.57 Å². The summed E-state index contributed by atoms with van der Waals surface area (Å²) in [7, 11) is 0. The first-order valence-corrected chi connectivity index (χ1v) is 4.13. The van der Waals surface area contributed by atoms with Crippen molar-refractivity contribution in [2.45, 2.75) is 41.0 Å². The molecular formula is C10H20. The fourth-order valence-corrected chi connectivity index (χ4v) is 0.632. The van der Waals surface area contributed by atoms with E-state index in [1.54, 1.807) is 0 Å². The quantitative estimate of drug-likeness (QED) is 0.509. The topological polar surface area (TPSA) is 0 Å². The van der Waals surface area contributed by atoms with E-state index in [9.17, 15) is 0 Å². The number of hydrogen-bond acceptors (Lipinski definition) is 0. The van der Waals surface area contributed by atoms with Gasteiger partial charge in [0.05, 0.1) is 0 Å². The highest BCUT2D eigenvalue weighted by atomic mass is 13.9. The highest BCUT2D eigenvalue weighted by Crippen LogP contribution is 2.00. The van der Waals surface area contributed by atoms with Crippen LogP contribution >= 0.6 is 0 Å². The maximum Gasteiger partial charge on any atom is -0.0311 e. The van der Waals surface area contributed by atoms with E-state index in [4.69, 9.17) is 0 Å². The lowest BCUT2D eigenvalue weighted by atomic mass is 10.2. The highest BCUT2D eigenvalue weighted by molar-refractivity contribution is 5.16. The molecule has 0 radical (unpaired) electrons. The van der Waals surface area contributed by atoms with Crippen molar-refractivity contribution in [1.82, 2.24) is 0 Å². The molecule has 0 aromatic heterocycles. The summed E-state index contributed by atoms with van der Waals surface area (Å²) in [5, 5.41) is 0. The predicted octanol–water partition coefficient (Wildman–Crippen LogP) is 3.95. The van der Waals surface area contributed by atoms with Crippen LogP contribution in [0, 0.1) is 0 Å². The summed E-state index contributed by atoms with van der Waals surface area (Å²) in [5.74, 6) is 0. The Morgan fingerprint density at radius 2 is 1.70 bits per heavy atom. The van der Waals surface area contributed by atoms with Gasteiger partial charge >= 0.3 is 0 Å². The summed E-state index contributed by atoms with van der Waals surface area (Å²) in [6, 6.07) is 0. The zero-order valence-corrected chi connectivity index (χ0v) is 7.94. The molecule has 0 rings (SSSR count). The van der Waals surface area contributed by atoms with Gasteiger partial charge < -0.3 is 0 Å². The average Bonchev–Trinajstić information content (AvgIpc) is 2.04. The SMILES string of the molecule is C/C=C\C(=C/C)CC.CC. The normalized spacial score (nSPS) is 11.1. The van der Waals surface area contributed by atoms with Gasteiger partial charge in [0.2, 0.25) is 0 Å². The van der Waals surface area contributed by atoms with Gasteiger partial charge in [-0.15, -0.1) is 0 Å². The Morgan fingerprint density at radius 1 is 1.20 bits per heavy atom. The predicted molar refractivity (Wildman–Crippen MR) is 50.2 cm³/mol. The van der Waals surface area contributed by atoms with Crippen LogP contribution in [-0.4, -0.2) is 0 Å². The van der Waals surface area contributed by atoms with Gasteiger partial charge in [-0.1, -0.05) is 44.6 Å². The van der Waals surface area contributed by atoms with E-state index in [2.05, 4.69) is 32.1 Å². The molecule has 0 atom stereocenters. The van der Waals surface area contributed by atoms with Crippen molar-refractivity contribution in [2.24, 2.45) is 0 Å². The summed E-state index contributed by atoms with van der Waals surface area (Å²) in [4.78, 5) is 0. The van der Waals surface area contributed by atoms with Gasteiger partial charge in [0.25, 0.3) is 0 Å². The maximum atomic E-state index is 2.16. The molecule has 0 unspecified atom stereocenters. The van der Waals surface area contributed by atoms with Crippen molar-refractivity contribution in [3.8, 4) is 0 Å². The molecule has 0 N–H and O–H groups in total. The van der Waals surface area contributed by atoms with Crippen LogP contribution in [0.25, 0.3) is 0 Å². The first-order valence-electron chi connectivity index (χ1n) is 4.13. The molecule has 0 aromatic carbocycles. The second kappa shape index (κ2) is 11.3. The summed E-state index contributed by atoms with van der Waals surface area (Å²) in [6.45, 7) is 10.3. The Balaban J connectivity index is 0. The van der Waals surface area contributed by atoms with Gasteiger partial charge in [0.1, 0.15) is 0 Å². The van der Waals surface area contributed by atoms with E-state index >= 15 is 0 Å². The van der Waals surface area contributed by atoms with E-state index < -0.39 is 0 Å². The number of rotatable bonds is 2. The summed E-state index contributed by atoms with van der Waals surface area (Å²) < 4.78 is 0. The first-order chi connectivity index (χ1) is 4.85. The van der Waals surface area contributed by atoms with E-state index in [0.717, 1.165) is 6.42 Å². The largest absolute Gasteiger partial charge is 0.0874 e. The van der Waals surface area contributed by atoms with E-state index in [-0.39, 0.29) is 0 Å². The fourth-order valence-electron chi connectivity index (χ4n) is 0.632. The van der Waals surface area contributed by atoms with Gasteiger partial charge in [0.15, 0.2) is 0 Å². The Kier molecular flexibility index (Phi) is 13.8. The van der Waals surface area contributed by atoms with Gasteiger partial charge in [-0.05, 0) is 20.3 Å². The standard InChI is InChI=1S/C8H14.C2H6/c1-4-7-8(5-2)6-3;1-2/h4-5,7H,6H2,1-3H3;1-2H3/b7-4-,8-5-;. The summed E-state index contributed by atoms with van der Waals surface area (Å²) >= 11 is 0. The third kappa shape index (κ3) is 7.48. The molecule has 0 spiro atoms. The molecule has 0 heterocycles. The third-order valence-electron chi connectivity index (χ3n) is 1.16. The van der Waals surface area contributed by atoms with Crippen LogP contribution in [0.1, 0.15) is 41.0 Å². The molecule has 0 saturated heterocycles. The van der Waals surface area contributed by atoms with Crippen molar-refractivity contribution in [1.29, 1.82) is 0 Å². The molecule has 60 valence electrons. The van der Waals surface area contributed by atoms with Gasteiger partial charge in [-0.2, -0.15) is 0 Å². The van der Waals surface area contributed by atoms with Gasteiger partial charge in [0, 0.05) is 0 Å². The van der Waals surface area contributed by atoms with Crippen molar-refractivity contribution in [2.75, 3.05) is 0 Å². The Hall–Kier alpha value is -0.520. The number of allylic oxidation sites excluding steroid dienone is 4. The van der Waals surface area contributed by atoms with E-state index in [1.807, 2.05) is 20.8 Å². The van der Waals surface area contributed by atoms with Crippen LogP contribution in [0.2, 0.25) is 0 Å². The minimum Gasteiger partial charge on any atom is -0.0874 e. The van der Waals surface area contributed by atoms with E-state index in [0.29, 0.717) is 0 Å². The fraction of sp³-hybridized carbons (Fsp3) is 0.600. The minimum atomic E-state index is 1.14. The van der Waals surface area contributed by atoms with Gasteiger partial charge in [-0.25, -0.2) is 0 Å². The molecule has 0 heteroatoms. The highest BCUT2D eigenvalue weighted by Gasteiger charge is 1.79. The Labute approximate surface area is 65.7 Å². The molecule has 0 aliphatic carbocycles. The first kappa shape index (κ1) is 12.2. The van der Waals surface area contributed by atoms with Crippen LogP contribution in [0.4, 0.5) is 0 Å². The van der Waals surface area contributed by atoms with Crippen LogP contribution in [0.5, 0.6) is 0 Å². The molecule has 0 amide bonds. The lowest BCUT2D eigenvalue weighted by Gasteiger charge is -1.90. The van der Waals surface area contributed by atoms with Crippen LogP contribution in [0.3, 0.4) is 0 Å². The van der Waals surface area contributed by atoms with Crippen molar-refractivity contribution >= 4 is 0 Å². The van der Waals surface area contributed by atoms with Crippen LogP contribution in [0.15, 0.2) is 23.8 Å². The molecule has 0 saturated carbocycles. The summed E-state index contributed by atoms with van der Waals surface area (Å²) in [5.41, 5.74) is 1.41. The molecule has 0 aliphatic rings. The second-order valence-corrected chi connectivity index (χ2v) is 1.72. The number of hydrogen-bond donors (Lipinski definition) is 0. The van der Waals surface area contributed by atoms with Crippen molar-refractivity contribution in [3.05, 3.63) is 23.8 Å². The lowest BCUT2D eigenvalue weighted by molar-refractivity contribution is 1.14. The molecule has 0 bridgehead atoms. The maximum absolute atomic E-state index is 2.16. The zero-order valence-electron chi connectivity index (χ0n) is 7.94. The van der Waals surface area contributed by atoms with Crippen LogP contribution in [-0.2, 0) is 0 Å². The molecular weight excluding hydrogens is 120 g/mol. The second-order valence-electron chi connectivity index (χ2n) is 1.72. The zero-order chi connectivity index (χ0) is 8.41. The van der Waals surface area contributed by atoms with Gasteiger partial charge in [-0.3, -0.25) is 0 Å². The smallest absolute Gasteiger partial charge is 0.0311 e. The van der Waals surface area contributed by atoms with Crippen LogP contribution < -0.4 is 0 Å². The molecule has 0 nitrogen and oxygen atoms in total. The monoisotopic (exact) mass is 140 g/mol. The minimum absolute atomic E-state index is 1.14. The molecule has 0 aromatic rings. The van der Waals surface area contributed by atoms with Crippen molar-refractivity contribution < 1.29 is 0 Å². The molecule has 0 aliphatic heterocycles. The molecule has 10 heavy (non-hydrogen) atoms. The molecule has 0 fully saturated rings. The third-order valence-corrected chi connectivity index (χ3v) is 1.16.